The van der Waals surface area contributed by atoms with Gasteiger partial charge < -0.3 is 0 Å². The smallest absolute Gasteiger partial charge is 0.0238 e. The summed E-state index contributed by atoms with van der Waals surface area (Å²) in [6.45, 7) is 16.8. The average molecular weight is 204 g/mol. The quantitative estimate of drug-likeness (QED) is 0.427. The molecule has 0 saturated carbocycles. The SMILES string of the molecule is C=CC.C=CC(=C)C1=CC=CCC1.CC. The predicted molar refractivity (Wildman–Crippen MR) is 73.0 cm³/mol. The topological polar surface area (TPSA) is 0 Å². The van der Waals surface area contributed by atoms with E-state index in [4.69, 9.17) is 0 Å². The van der Waals surface area contributed by atoms with Gasteiger partial charge >= 0.3 is 0 Å². The number of hydrogen-bond acceptors (Lipinski definition) is 0. The largest absolute Gasteiger partial charge is 0.103 e. The molecule has 1 aliphatic carbocycles. The molecule has 1 rings (SSSR count). The average Bonchev–Trinajstić information content (AvgIpc) is 2.33. The van der Waals surface area contributed by atoms with Gasteiger partial charge in [-0.05, 0) is 30.9 Å². The molecule has 84 valence electrons. The molecule has 0 aromatic carbocycles. The van der Waals surface area contributed by atoms with Crippen LogP contribution in [0.2, 0.25) is 0 Å². The van der Waals surface area contributed by atoms with Gasteiger partial charge in [-0.1, -0.05) is 57.4 Å². The van der Waals surface area contributed by atoms with Gasteiger partial charge in [0, 0.05) is 0 Å². The van der Waals surface area contributed by atoms with Crippen LogP contribution < -0.4 is 0 Å². The Bertz CT molecular complexity index is 239. The molecule has 0 N–H and O–H groups in total. The molecular weight excluding hydrogens is 180 g/mol. The van der Waals surface area contributed by atoms with E-state index in [-0.39, 0.29) is 0 Å². The molecule has 15 heavy (non-hydrogen) atoms. The zero-order valence-corrected chi connectivity index (χ0v) is 10.4. The second kappa shape index (κ2) is 12.7. The van der Waals surface area contributed by atoms with Crippen LogP contribution in [0.3, 0.4) is 0 Å². The Morgan fingerprint density at radius 3 is 2.20 bits per heavy atom. The molecule has 0 aromatic rings. The van der Waals surface area contributed by atoms with Gasteiger partial charge in [0.25, 0.3) is 0 Å². The molecule has 0 spiro atoms. The highest BCUT2D eigenvalue weighted by Gasteiger charge is 1.99. The maximum absolute atomic E-state index is 3.88. The molecule has 0 aromatic heterocycles. The van der Waals surface area contributed by atoms with E-state index in [0.717, 1.165) is 18.4 Å². The minimum atomic E-state index is 1.06. The first kappa shape index (κ1) is 16.1. The zero-order valence-electron chi connectivity index (χ0n) is 10.4. The highest BCUT2D eigenvalue weighted by atomic mass is 14.0. The van der Waals surface area contributed by atoms with Crippen LogP contribution in [0.5, 0.6) is 0 Å². The molecule has 0 unspecified atom stereocenters. The van der Waals surface area contributed by atoms with Crippen LogP contribution in [-0.4, -0.2) is 0 Å². The number of allylic oxidation sites excluding steroid dienone is 7. The molecule has 0 heterocycles. The van der Waals surface area contributed by atoms with E-state index in [1.165, 1.54) is 5.57 Å². The first-order chi connectivity index (χ1) is 7.26. The Morgan fingerprint density at radius 1 is 1.33 bits per heavy atom. The molecular formula is C15H24. The van der Waals surface area contributed by atoms with Crippen LogP contribution in [0.1, 0.15) is 33.6 Å². The van der Waals surface area contributed by atoms with Crippen molar-refractivity contribution in [2.45, 2.75) is 33.6 Å². The van der Waals surface area contributed by atoms with Crippen molar-refractivity contribution >= 4 is 0 Å². The van der Waals surface area contributed by atoms with Gasteiger partial charge in [-0.25, -0.2) is 0 Å². The van der Waals surface area contributed by atoms with E-state index >= 15 is 0 Å². The summed E-state index contributed by atoms with van der Waals surface area (Å²) in [7, 11) is 0. The summed E-state index contributed by atoms with van der Waals surface area (Å²) in [5, 5.41) is 0. The van der Waals surface area contributed by atoms with E-state index in [9.17, 15) is 0 Å². The second-order valence-corrected chi connectivity index (χ2v) is 2.80. The van der Waals surface area contributed by atoms with Crippen LogP contribution in [0.25, 0.3) is 0 Å². The van der Waals surface area contributed by atoms with Gasteiger partial charge in [0.2, 0.25) is 0 Å². The van der Waals surface area contributed by atoms with Crippen molar-refractivity contribution in [2.24, 2.45) is 0 Å². The minimum absolute atomic E-state index is 1.06. The molecule has 0 heteroatoms. The lowest BCUT2D eigenvalue weighted by Gasteiger charge is -2.07. The predicted octanol–water partition coefficient (Wildman–Crippen LogP) is 5.22. The Hall–Kier alpha value is -1.30. The normalized spacial score (nSPS) is 12.1. The summed E-state index contributed by atoms with van der Waals surface area (Å²) in [6.07, 6.45) is 12.2. The number of rotatable bonds is 2. The highest BCUT2D eigenvalue weighted by Crippen LogP contribution is 2.18. The summed E-state index contributed by atoms with van der Waals surface area (Å²) in [6, 6.07) is 0. The Morgan fingerprint density at radius 2 is 1.87 bits per heavy atom. The third-order valence-electron chi connectivity index (χ3n) is 1.67. The first-order valence-corrected chi connectivity index (χ1v) is 5.50. The lowest BCUT2D eigenvalue weighted by atomic mass is 9.99. The maximum atomic E-state index is 3.88. The fraction of sp³-hybridized carbons (Fsp3) is 0.333. The van der Waals surface area contributed by atoms with Crippen LogP contribution in [0, 0.1) is 0 Å². The van der Waals surface area contributed by atoms with Crippen LogP contribution in [0.15, 0.2) is 61.3 Å². The Labute approximate surface area is 95.4 Å². The van der Waals surface area contributed by atoms with E-state index in [0.29, 0.717) is 0 Å². The highest BCUT2D eigenvalue weighted by molar-refractivity contribution is 5.39. The van der Waals surface area contributed by atoms with Crippen molar-refractivity contribution in [2.75, 3.05) is 0 Å². The summed E-state index contributed by atoms with van der Waals surface area (Å²) in [5.74, 6) is 0. The first-order valence-electron chi connectivity index (χ1n) is 5.50. The van der Waals surface area contributed by atoms with Crippen molar-refractivity contribution in [1.29, 1.82) is 0 Å². The fourth-order valence-electron chi connectivity index (χ4n) is 1.00. The van der Waals surface area contributed by atoms with E-state index in [1.807, 2.05) is 26.8 Å². The third kappa shape index (κ3) is 9.01. The monoisotopic (exact) mass is 204 g/mol. The van der Waals surface area contributed by atoms with Crippen molar-refractivity contribution in [3.63, 3.8) is 0 Å². The Kier molecular flexibility index (Phi) is 13.7. The molecule has 0 amide bonds. The summed E-state index contributed by atoms with van der Waals surface area (Å²) < 4.78 is 0. The van der Waals surface area contributed by atoms with Crippen molar-refractivity contribution in [3.8, 4) is 0 Å². The van der Waals surface area contributed by atoms with Crippen LogP contribution >= 0.6 is 0 Å². The van der Waals surface area contributed by atoms with Gasteiger partial charge in [0.05, 0.1) is 0 Å². The minimum Gasteiger partial charge on any atom is -0.103 e. The standard InChI is InChI=1S/C10H12.C3H6.C2H6/c1-3-9(2)10-7-5-4-6-8-10;1-3-2;1-2/h3-5,7H,1-2,6,8H2;3H,1H2,2H3;1-2H3. The van der Waals surface area contributed by atoms with Crippen LogP contribution in [0.4, 0.5) is 0 Å². The maximum Gasteiger partial charge on any atom is -0.0238 e. The van der Waals surface area contributed by atoms with Gasteiger partial charge in [-0.2, -0.15) is 0 Å². The van der Waals surface area contributed by atoms with Crippen molar-refractivity contribution < 1.29 is 0 Å². The molecule has 0 radical (unpaired) electrons. The van der Waals surface area contributed by atoms with Gasteiger partial charge in [0.15, 0.2) is 0 Å². The molecule has 0 saturated heterocycles. The van der Waals surface area contributed by atoms with Gasteiger partial charge in [-0.15, -0.1) is 6.58 Å². The van der Waals surface area contributed by atoms with Crippen LogP contribution in [-0.2, 0) is 0 Å². The van der Waals surface area contributed by atoms with Crippen molar-refractivity contribution in [1.82, 2.24) is 0 Å². The molecule has 0 bridgehead atoms. The van der Waals surface area contributed by atoms with E-state index in [1.54, 1.807) is 6.08 Å². The summed E-state index contributed by atoms with van der Waals surface area (Å²) in [4.78, 5) is 0. The lowest BCUT2D eigenvalue weighted by molar-refractivity contribution is 0.980. The Balaban J connectivity index is 0. The molecule has 0 atom stereocenters. The van der Waals surface area contributed by atoms with E-state index < -0.39 is 0 Å². The lowest BCUT2D eigenvalue weighted by Crippen LogP contribution is -1.87. The third-order valence-corrected chi connectivity index (χ3v) is 1.67. The van der Waals surface area contributed by atoms with Crippen molar-refractivity contribution in [3.05, 3.63) is 61.3 Å². The fourth-order valence-corrected chi connectivity index (χ4v) is 1.00. The molecule has 0 fully saturated rings. The van der Waals surface area contributed by atoms with E-state index in [2.05, 4.69) is 38.0 Å². The summed E-state index contributed by atoms with van der Waals surface area (Å²) >= 11 is 0. The van der Waals surface area contributed by atoms with Gasteiger partial charge in [-0.3, -0.25) is 0 Å². The second-order valence-electron chi connectivity index (χ2n) is 2.80. The molecule has 1 aliphatic rings. The van der Waals surface area contributed by atoms with Gasteiger partial charge in [0.1, 0.15) is 0 Å². The molecule has 0 nitrogen and oxygen atoms in total. The summed E-state index contributed by atoms with van der Waals surface area (Å²) in [5.41, 5.74) is 2.38. The molecule has 0 aliphatic heterocycles. The number of hydrogen-bond donors (Lipinski definition) is 0. The zero-order chi connectivity index (χ0) is 12.1.